The number of sulfonamides is 1. The summed E-state index contributed by atoms with van der Waals surface area (Å²) in [6.07, 6.45) is 0.470. The van der Waals surface area contributed by atoms with Crippen LogP contribution in [0.5, 0.6) is 0 Å². The van der Waals surface area contributed by atoms with Gasteiger partial charge in [0.05, 0.1) is 12.6 Å². The second kappa shape index (κ2) is 6.92. The van der Waals surface area contributed by atoms with E-state index < -0.39 is 44.1 Å². The predicted molar refractivity (Wildman–Crippen MR) is 71.2 cm³/mol. The van der Waals surface area contributed by atoms with Crippen LogP contribution >= 0.6 is 0 Å². The van der Waals surface area contributed by atoms with Crippen LogP contribution in [0.4, 0.5) is 8.78 Å². The molecular weight excluding hydrogens is 306 g/mol. The lowest BCUT2D eigenvalue weighted by atomic mass is 10.1. The lowest BCUT2D eigenvalue weighted by molar-refractivity contribution is 0.0885. The topological polar surface area (TPSA) is 98.5 Å². The molecule has 0 spiro atoms. The Bertz CT molecular complexity index is 634. The average molecular weight is 322 g/mol. The molecule has 1 unspecified atom stereocenters. The number of amides is 1. The van der Waals surface area contributed by atoms with Gasteiger partial charge in [-0.2, -0.15) is 0 Å². The first-order chi connectivity index (χ1) is 9.72. The molecule has 1 atom stereocenters. The van der Waals surface area contributed by atoms with Crippen LogP contribution in [-0.2, 0) is 14.8 Å². The van der Waals surface area contributed by atoms with Gasteiger partial charge < -0.3 is 10.1 Å². The largest absolute Gasteiger partial charge is 0.383 e. The van der Waals surface area contributed by atoms with Gasteiger partial charge in [-0.05, 0) is 18.6 Å². The van der Waals surface area contributed by atoms with Crippen molar-refractivity contribution in [2.45, 2.75) is 24.3 Å². The van der Waals surface area contributed by atoms with E-state index in [4.69, 9.17) is 9.88 Å². The zero-order chi connectivity index (χ0) is 16.2. The molecule has 0 bridgehead atoms. The zero-order valence-electron chi connectivity index (χ0n) is 11.5. The molecule has 6 nitrogen and oxygen atoms in total. The molecule has 0 fully saturated rings. The van der Waals surface area contributed by atoms with Gasteiger partial charge in [-0.15, -0.1) is 0 Å². The maximum Gasteiger partial charge on any atom is 0.257 e. The zero-order valence-corrected chi connectivity index (χ0v) is 12.3. The van der Waals surface area contributed by atoms with Crippen molar-refractivity contribution in [1.82, 2.24) is 5.32 Å². The average Bonchev–Trinajstić information content (AvgIpc) is 2.36. The Kier molecular flexibility index (Phi) is 5.76. The SMILES string of the molecule is CCC(COC)NC(=O)c1c(F)ccc(S(N)(=O)=O)c1F. The lowest BCUT2D eigenvalue weighted by Gasteiger charge is -2.16. The minimum atomic E-state index is -4.40. The summed E-state index contributed by atoms with van der Waals surface area (Å²) in [5.74, 6) is -3.76. The van der Waals surface area contributed by atoms with E-state index in [2.05, 4.69) is 5.32 Å². The minimum absolute atomic E-state index is 0.153. The van der Waals surface area contributed by atoms with Gasteiger partial charge in [0.15, 0.2) is 5.82 Å². The van der Waals surface area contributed by atoms with Crippen molar-refractivity contribution in [2.75, 3.05) is 13.7 Å². The Labute approximate surface area is 121 Å². The normalized spacial score (nSPS) is 13.0. The van der Waals surface area contributed by atoms with Crippen LogP contribution in [0.15, 0.2) is 17.0 Å². The Balaban J connectivity index is 3.21. The van der Waals surface area contributed by atoms with Crippen LogP contribution in [0.1, 0.15) is 23.7 Å². The number of carbonyl (C=O) groups is 1. The number of ether oxygens (including phenoxy) is 1. The summed E-state index contributed by atoms with van der Waals surface area (Å²) < 4.78 is 54.9. The fourth-order valence-electron chi connectivity index (χ4n) is 1.68. The molecule has 0 aliphatic carbocycles. The summed E-state index contributed by atoms with van der Waals surface area (Å²) in [6.45, 7) is 1.90. The van der Waals surface area contributed by atoms with E-state index in [1.165, 1.54) is 7.11 Å². The number of hydrogen-bond acceptors (Lipinski definition) is 4. The van der Waals surface area contributed by atoms with Gasteiger partial charge in [0, 0.05) is 7.11 Å². The molecule has 9 heteroatoms. The Morgan fingerprint density at radius 3 is 2.52 bits per heavy atom. The predicted octanol–water partition coefficient (Wildman–Crippen LogP) is 0.767. The fourth-order valence-corrected chi connectivity index (χ4v) is 2.29. The molecule has 0 aliphatic heterocycles. The molecule has 0 heterocycles. The van der Waals surface area contributed by atoms with Gasteiger partial charge >= 0.3 is 0 Å². The number of primary sulfonamides is 1. The van der Waals surface area contributed by atoms with Crippen molar-refractivity contribution < 1.29 is 26.7 Å². The highest BCUT2D eigenvalue weighted by Gasteiger charge is 2.26. The molecule has 0 aliphatic rings. The van der Waals surface area contributed by atoms with Gasteiger partial charge in [0.1, 0.15) is 16.3 Å². The third-order valence-electron chi connectivity index (χ3n) is 2.79. The standard InChI is InChI=1S/C12H16F2N2O4S/c1-3-7(6-20-2)16-12(17)10-8(13)4-5-9(11(10)14)21(15,18)19/h4-5,7H,3,6H2,1-2H3,(H,16,17)(H2,15,18,19). The molecule has 1 aromatic carbocycles. The highest BCUT2D eigenvalue weighted by atomic mass is 32.2. The van der Waals surface area contributed by atoms with Gasteiger partial charge in [-0.25, -0.2) is 22.3 Å². The first-order valence-electron chi connectivity index (χ1n) is 6.03. The quantitative estimate of drug-likeness (QED) is 0.808. The van der Waals surface area contributed by atoms with Crippen LogP contribution < -0.4 is 10.5 Å². The summed E-state index contributed by atoms with van der Waals surface area (Å²) in [4.78, 5) is 11.0. The molecule has 0 aromatic heterocycles. The van der Waals surface area contributed by atoms with Crippen molar-refractivity contribution >= 4 is 15.9 Å². The van der Waals surface area contributed by atoms with E-state index in [1.54, 1.807) is 6.92 Å². The number of carbonyl (C=O) groups excluding carboxylic acids is 1. The second-order valence-corrected chi connectivity index (χ2v) is 5.84. The fraction of sp³-hybridized carbons (Fsp3) is 0.417. The van der Waals surface area contributed by atoms with Gasteiger partial charge in [-0.1, -0.05) is 6.92 Å². The number of nitrogens with two attached hydrogens (primary N) is 1. The molecule has 0 radical (unpaired) electrons. The third kappa shape index (κ3) is 4.19. The van der Waals surface area contributed by atoms with E-state index >= 15 is 0 Å². The first kappa shape index (κ1) is 17.5. The van der Waals surface area contributed by atoms with Gasteiger partial charge in [0.25, 0.3) is 5.91 Å². The Morgan fingerprint density at radius 1 is 1.43 bits per heavy atom. The molecule has 1 aromatic rings. The number of nitrogens with one attached hydrogen (secondary N) is 1. The van der Waals surface area contributed by atoms with Crippen molar-refractivity contribution in [1.29, 1.82) is 0 Å². The van der Waals surface area contributed by atoms with Crippen molar-refractivity contribution in [2.24, 2.45) is 5.14 Å². The highest BCUT2D eigenvalue weighted by Crippen LogP contribution is 2.20. The number of benzene rings is 1. The molecule has 3 N–H and O–H groups in total. The number of halogens is 2. The molecule has 1 amide bonds. The summed E-state index contributed by atoms with van der Waals surface area (Å²) in [6, 6.07) is 0.887. The monoisotopic (exact) mass is 322 g/mol. The maximum atomic E-state index is 14.0. The molecule has 1 rings (SSSR count). The second-order valence-electron chi connectivity index (χ2n) is 4.31. The van der Waals surface area contributed by atoms with E-state index in [9.17, 15) is 22.0 Å². The number of methoxy groups -OCH3 is 1. The summed E-state index contributed by atoms with van der Waals surface area (Å²) >= 11 is 0. The van der Waals surface area contributed by atoms with E-state index in [0.717, 1.165) is 0 Å². The van der Waals surface area contributed by atoms with E-state index in [-0.39, 0.29) is 6.61 Å². The van der Waals surface area contributed by atoms with Gasteiger partial charge in [-0.3, -0.25) is 4.79 Å². The smallest absolute Gasteiger partial charge is 0.257 e. The molecule has 118 valence electrons. The highest BCUT2D eigenvalue weighted by molar-refractivity contribution is 7.89. The summed E-state index contributed by atoms with van der Waals surface area (Å²) in [5.41, 5.74) is -0.990. The van der Waals surface area contributed by atoms with E-state index in [0.29, 0.717) is 18.6 Å². The summed E-state index contributed by atoms with van der Waals surface area (Å²) in [5, 5.41) is 7.17. The third-order valence-corrected chi connectivity index (χ3v) is 3.71. The summed E-state index contributed by atoms with van der Waals surface area (Å²) in [7, 11) is -2.98. The maximum absolute atomic E-state index is 14.0. The Morgan fingerprint density at radius 2 is 2.05 bits per heavy atom. The minimum Gasteiger partial charge on any atom is -0.383 e. The van der Waals surface area contributed by atoms with Crippen LogP contribution in [0.3, 0.4) is 0 Å². The van der Waals surface area contributed by atoms with Crippen LogP contribution in [0, 0.1) is 11.6 Å². The van der Waals surface area contributed by atoms with Crippen LogP contribution in [0.2, 0.25) is 0 Å². The lowest BCUT2D eigenvalue weighted by Crippen LogP contribution is -2.38. The van der Waals surface area contributed by atoms with Crippen LogP contribution in [-0.4, -0.2) is 34.1 Å². The van der Waals surface area contributed by atoms with E-state index in [1.807, 2.05) is 0 Å². The number of rotatable bonds is 6. The number of hydrogen-bond donors (Lipinski definition) is 2. The van der Waals surface area contributed by atoms with Gasteiger partial charge in [0.2, 0.25) is 10.0 Å². The first-order valence-corrected chi connectivity index (χ1v) is 7.57. The molecule has 0 saturated heterocycles. The van der Waals surface area contributed by atoms with Crippen molar-refractivity contribution in [3.05, 3.63) is 29.3 Å². The molecule has 21 heavy (non-hydrogen) atoms. The molecule has 0 saturated carbocycles. The van der Waals surface area contributed by atoms with Crippen LogP contribution in [0.25, 0.3) is 0 Å². The van der Waals surface area contributed by atoms with Crippen molar-refractivity contribution in [3.63, 3.8) is 0 Å². The molecular formula is C12H16F2N2O4S. The Hall–Kier alpha value is -1.58. The van der Waals surface area contributed by atoms with Crippen molar-refractivity contribution in [3.8, 4) is 0 Å².